The van der Waals surface area contributed by atoms with E-state index in [1.807, 2.05) is 0 Å². The van der Waals surface area contributed by atoms with Gasteiger partial charge in [0.1, 0.15) is 11.6 Å². The first-order chi connectivity index (χ1) is 9.34. The molecule has 1 atom stereocenters. The van der Waals surface area contributed by atoms with Gasteiger partial charge in [-0.2, -0.15) is 5.26 Å². The molecule has 1 fully saturated rings. The summed E-state index contributed by atoms with van der Waals surface area (Å²) in [6.07, 6.45) is 1.36. The number of amides is 1. The zero-order valence-corrected chi connectivity index (χ0v) is 11.4. The van der Waals surface area contributed by atoms with E-state index in [0.717, 1.165) is 0 Å². The maximum absolute atomic E-state index is 11.5. The smallest absolute Gasteiger partial charge is 0.305 e. The molecule has 0 aliphatic carbocycles. The number of carboxylic acid groups (broad SMARTS) is 1. The molecule has 1 amide bonds. The third-order valence-corrected chi connectivity index (χ3v) is 4.45. The second-order valence-electron chi connectivity index (χ2n) is 4.34. The van der Waals surface area contributed by atoms with Gasteiger partial charge in [0.2, 0.25) is 0 Å². The number of hydrogen-bond acceptors (Lipinski definition) is 6. The Morgan fingerprint density at radius 2 is 2.15 bits per heavy atom. The lowest BCUT2D eigenvalue weighted by Crippen LogP contribution is -2.30. The molecular formula is C11H15N3O5S. The van der Waals surface area contributed by atoms with Crippen LogP contribution in [-0.2, 0) is 19.4 Å². The van der Waals surface area contributed by atoms with Crippen molar-refractivity contribution < 1.29 is 23.1 Å². The van der Waals surface area contributed by atoms with Crippen molar-refractivity contribution in [1.82, 2.24) is 10.6 Å². The minimum absolute atomic E-state index is 0.0250. The first kappa shape index (κ1) is 16.0. The molecule has 110 valence electrons. The summed E-state index contributed by atoms with van der Waals surface area (Å²) < 4.78 is 22.5. The molecule has 1 aliphatic rings. The van der Waals surface area contributed by atoms with Crippen molar-refractivity contribution in [2.45, 2.75) is 18.9 Å². The average molecular weight is 301 g/mol. The molecule has 0 aromatic carbocycles. The summed E-state index contributed by atoms with van der Waals surface area (Å²) in [4.78, 5) is 21.8. The molecule has 0 aromatic heterocycles. The minimum Gasteiger partial charge on any atom is -0.481 e. The first-order valence-corrected chi connectivity index (χ1v) is 7.73. The molecule has 0 aromatic rings. The zero-order chi connectivity index (χ0) is 15.2. The fourth-order valence-corrected chi connectivity index (χ4v) is 3.34. The summed E-state index contributed by atoms with van der Waals surface area (Å²) in [6.45, 7) is -0.0784. The van der Waals surface area contributed by atoms with E-state index < -0.39 is 21.7 Å². The maximum atomic E-state index is 11.5. The average Bonchev–Trinajstić information content (AvgIpc) is 2.69. The molecule has 1 unspecified atom stereocenters. The monoisotopic (exact) mass is 301 g/mol. The van der Waals surface area contributed by atoms with Crippen molar-refractivity contribution in [3.05, 3.63) is 11.8 Å². The molecule has 0 spiro atoms. The van der Waals surface area contributed by atoms with Gasteiger partial charge in [0.25, 0.3) is 5.91 Å². The van der Waals surface area contributed by atoms with Gasteiger partial charge in [0.05, 0.1) is 17.9 Å². The summed E-state index contributed by atoms with van der Waals surface area (Å²) >= 11 is 0. The molecule has 8 nitrogen and oxygen atoms in total. The molecule has 0 bridgehead atoms. The van der Waals surface area contributed by atoms with Gasteiger partial charge in [-0.25, -0.2) is 8.42 Å². The van der Waals surface area contributed by atoms with Gasteiger partial charge in [-0.15, -0.1) is 0 Å². The maximum Gasteiger partial charge on any atom is 0.305 e. The van der Waals surface area contributed by atoms with Gasteiger partial charge < -0.3 is 15.7 Å². The molecule has 9 heteroatoms. The van der Waals surface area contributed by atoms with Crippen molar-refractivity contribution in [2.24, 2.45) is 0 Å². The molecule has 1 saturated heterocycles. The number of nitrogens with one attached hydrogen (secondary N) is 2. The summed E-state index contributed by atoms with van der Waals surface area (Å²) in [5.74, 6) is -1.68. The topological polar surface area (TPSA) is 136 Å². The van der Waals surface area contributed by atoms with Crippen LogP contribution < -0.4 is 10.6 Å². The fraction of sp³-hybridized carbons (Fsp3) is 0.545. The largest absolute Gasteiger partial charge is 0.481 e. The van der Waals surface area contributed by atoms with E-state index in [0.29, 0.717) is 6.42 Å². The Bertz CT molecular complexity index is 561. The normalized spacial score (nSPS) is 20.9. The second-order valence-corrected chi connectivity index (χ2v) is 6.56. The van der Waals surface area contributed by atoms with Gasteiger partial charge in [0, 0.05) is 18.8 Å². The van der Waals surface area contributed by atoms with Gasteiger partial charge in [-0.1, -0.05) is 0 Å². The fourth-order valence-electron chi connectivity index (χ4n) is 1.65. The highest BCUT2D eigenvalue weighted by atomic mass is 32.2. The van der Waals surface area contributed by atoms with Crippen LogP contribution in [0.15, 0.2) is 11.8 Å². The Kier molecular flexibility index (Phi) is 5.52. The molecular weight excluding hydrogens is 286 g/mol. The van der Waals surface area contributed by atoms with Crippen LogP contribution in [0.5, 0.6) is 0 Å². The highest BCUT2D eigenvalue weighted by molar-refractivity contribution is 7.91. The Balaban J connectivity index is 2.49. The lowest BCUT2D eigenvalue weighted by molar-refractivity contribution is -0.136. The summed E-state index contributed by atoms with van der Waals surface area (Å²) in [6, 6.07) is 1.36. The second kappa shape index (κ2) is 6.91. The number of carboxylic acids is 1. The number of nitriles is 1. The van der Waals surface area contributed by atoms with E-state index in [4.69, 9.17) is 10.4 Å². The summed E-state index contributed by atoms with van der Waals surface area (Å²) in [5.41, 5.74) is -0.223. The number of hydrogen-bond donors (Lipinski definition) is 3. The van der Waals surface area contributed by atoms with Crippen molar-refractivity contribution in [3.63, 3.8) is 0 Å². The first-order valence-electron chi connectivity index (χ1n) is 5.91. The van der Waals surface area contributed by atoms with E-state index in [-0.39, 0.29) is 36.1 Å². The van der Waals surface area contributed by atoms with E-state index in [9.17, 15) is 18.0 Å². The van der Waals surface area contributed by atoms with Crippen LogP contribution in [-0.4, -0.2) is 49.5 Å². The molecule has 20 heavy (non-hydrogen) atoms. The number of nitrogens with zero attached hydrogens (tertiary/aromatic N) is 1. The van der Waals surface area contributed by atoms with Crippen molar-refractivity contribution >= 4 is 21.7 Å². The molecule has 1 aliphatic heterocycles. The molecule has 0 radical (unpaired) electrons. The number of rotatable bonds is 6. The summed E-state index contributed by atoms with van der Waals surface area (Å²) in [7, 11) is -3.03. The van der Waals surface area contributed by atoms with E-state index >= 15 is 0 Å². The van der Waals surface area contributed by atoms with Crippen LogP contribution >= 0.6 is 0 Å². The van der Waals surface area contributed by atoms with Gasteiger partial charge in [0.15, 0.2) is 9.84 Å². The predicted octanol–water partition coefficient (Wildman–Crippen LogP) is -1.24. The van der Waals surface area contributed by atoms with Crippen molar-refractivity contribution in [3.8, 4) is 6.07 Å². The van der Waals surface area contributed by atoms with Crippen LogP contribution in [0, 0.1) is 11.3 Å². The third kappa shape index (κ3) is 5.27. The number of carbonyl (C=O) groups excluding carboxylic acids is 1. The van der Waals surface area contributed by atoms with Crippen LogP contribution in [0.1, 0.15) is 12.8 Å². The van der Waals surface area contributed by atoms with E-state index in [2.05, 4.69) is 10.6 Å². The molecule has 3 N–H and O–H groups in total. The number of aliphatic carboxylic acids is 1. The van der Waals surface area contributed by atoms with Crippen LogP contribution in [0.4, 0.5) is 0 Å². The lowest BCUT2D eigenvalue weighted by Gasteiger charge is -2.08. The van der Waals surface area contributed by atoms with Crippen molar-refractivity contribution in [2.75, 3.05) is 18.1 Å². The van der Waals surface area contributed by atoms with E-state index in [1.165, 1.54) is 6.20 Å². The Morgan fingerprint density at radius 1 is 1.45 bits per heavy atom. The van der Waals surface area contributed by atoms with Crippen LogP contribution in [0.2, 0.25) is 0 Å². The van der Waals surface area contributed by atoms with Gasteiger partial charge in [-0.05, 0) is 6.42 Å². The Morgan fingerprint density at radius 3 is 2.65 bits per heavy atom. The predicted molar refractivity (Wildman–Crippen MR) is 69.2 cm³/mol. The SMILES string of the molecule is N#C/C(=C/NC1CCS(=O)(=O)C1)C(=O)NCCC(=O)O. The molecule has 0 saturated carbocycles. The zero-order valence-electron chi connectivity index (χ0n) is 10.6. The molecule has 1 rings (SSSR count). The minimum atomic E-state index is -3.03. The van der Waals surface area contributed by atoms with Crippen LogP contribution in [0.3, 0.4) is 0 Å². The molecule has 1 heterocycles. The Hall–Kier alpha value is -2.08. The van der Waals surface area contributed by atoms with Crippen molar-refractivity contribution in [1.29, 1.82) is 5.26 Å². The van der Waals surface area contributed by atoms with E-state index in [1.54, 1.807) is 6.07 Å². The van der Waals surface area contributed by atoms with Crippen LogP contribution in [0.25, 0.3) is 0 Å². The number of carbonyl (C=O) groups is 2. The quantitative estimate of drug-likeness (QED) is 0.412. The number of sulfone groups is 1. The standard InChI is InChI=1S/C11H15N3O5S/c12-5-8(11(17)13-3-1-10(15)16)6-14-9-2-4-20(18,19)7-9/h6,9,14H,1-4,7H2,(H,13,17)(H,15,16)/b8-6-. The van der Waals surface area contributed by atoms with Gasteiger partial charge in [-0.3, -0.25) is 9.59 Å². The van der Waals surface area contributed by atoms with Gasteiger partial charge >= 0.3 is 5.97 Å². The third-order valence-electron chi connectivity index (χ3n) is 2.69. The highest BCUT2D eigenvalue weighted by Crippen LogP contribution is 2.11. The highest BCUT2D eigenvalue weighted by Gasteiger charge is 2.27. The Labute approximate surface area is 116 Å². The lowest BCUT2D eigenvalue weighted by atomic mass is 10.2. The summed E-state index contributed by atoms with van der Waals surface area (Å²) in [5, 5.41) is 22.3.